The lowest BCUT2D eigenvalue weighted by atomic mass is 9.82. The predicted octanol–water partition coefficient (Wildman–Crippen LogP) is 1.78. The Morgan fingerprint density at radius 2 is 1.70 bits per heavy atom. The summed E-state index contributed by atoms with van der Waals surface area (Å²) in [6.45, 7) is -0.0528. The van der Waals surface area contributed by atoms with Crippen molar-refractivity contribution in [3.8, 4) is 0 Å². The molecule has 0 saturated heterocycles. The number of amides is 1. The Morgan fingerprint density at radius 3 is 2.25 bits per heavy atom. The summed E-state index contributed by atoms with van der Waals surface area (Å²) in [6, 6.07) is 6.81. The van der Waals surface area contributed by atoms with Crippen LogP contribution in [0.2, 0.25) is 0 Å². The summed E-state index contributed by atoms with van der Waals surface area (Å²) in [5.41, 5.74) is 1.36. The molecular weight excluding hydrogens is 258 g/mol. The number of carbonyl (C=O) groups excluding carboxylic acids is 1. The van der Waals surface area contributed by atoms with E-state index >= 15 is 0 Å². The molecule has 0 saturated carbocycles. The number of hydrogen-bond donors (Lipinski definition) is 3. The van der Waals surface area contributed by atoms with Gasteiger partial charge in [0.15, 0.2) is 0 Å². The van der Waals surface area contributed by atoms with Gasteiger partial charge in [0.05, 0.1) is 18.4 Å². The zero-order valence-corrected chi connectivity index (χ0v) is 11.0. The van der Waals surface area contributed by atoms with Crippen molar-refractivity contribution in [2.45, 2.75) is 19.4 Å². The summed E-state index contributed by atoms with van der Waals surface area (Å²) in [4.78, 5) is 23.3. The highest BCUT2D eigenvalue weighted by molar-refractivity contribution is 5.95. The fourth-order valence-corrected chi connectivity index (χ4v) is 2.31. The minimum atomic E-state index is -0.940. The third kappa shape index (κ3) is 3.24. The molecule has 1 aliphatic rings. The molecule has 3 N–H and O–H groups in total. The predicted molar refractivity (Wildman–Crippen MR) is 74.0 cm³/mol. The Morgan fingerprint density at radius 1 is 1.10 bits per heavy atom. The molecule has 0 bridgehead atoms. The molecule has 5 heteroatoms. The molecule has 1 aromatic carbocycles. The third-order valence-corrected chi connectivity index (χ3v) is 3.49. The third-order valence-electron chi connectivity index (χ3n) is 3.49. The minimum absolute atomic E-state index is 0.0528. The quantitative estimate of drug-likeness (QED) is 0.731. The summed E-state index contributed by atoms with van der Waals surface area (Å²) in [7, 11) is 0. The summed E-state index contributed by atoms with van der Waals surface area (Å²) in [5.74, 6) is -2.43. The average molecular weight is 275 g/mol. The van der Waals surface area contributed by atoms with Crippen LogP contribution in [0.15, 0.2) is 36.4 Å². The number of carbonyl (C=O) groups is 2. The highest BCUT2D eigenvalue weighted by atomic mass is 16.4. The van der Waals surface area contributed by atoms with Gasteiger partial charge in [0, 0.05) is 5.69 Å². The van der Waals surface area contributed by atoms with Gasteiger partial charge >= 0.3 is 5.97 Å². The highest BCUT2D eigenvalue weighted by Gasteiger charge is 2.33. The average Bonchev–Trinajstić information content (AvgIpc) is 2.48. The molecule has 0 fully saturated rings. The molecule has 0 unspecified atom stereocenters. The summed E-state index contributed by atoms with van der Waals surface area (Å²) >= 11 is 0. The zero-order valence-electron chi connectivity index (χ0n) is 11.0. The molecule has 2 atom stereocenters. The van der Waals surface area contributed by atoms with E-state index in [0.29, 0.717) is 18.5 Å². The van der Waals surface area contributed by atoms with E-state index in [0.717, 1.165) is 5.56 Å². The van der Waals surface area contributed by atoms with Crippen molar-refractivity contribution < 1.29 is 19.8 Å². The second-order valence-corrected chi connectivity index (χ2v) is 4.84. The first-order chi connectivity index (χ1) is 9.61. The van der Waals surface area contributed by atoms with E-state index in [-0.39, 0.29) is 12.5 Å². The van der Waals surface area contributed by atoms with Gasteiger partial charge in [-0.2, -0.15) is 0 Å². The summed E-state index contributed by atoms with van der Waals surface area (Å²) in [6.07, 6.45) is 4.48. The molecule has 2 rings (SSSR count). The van der Waals surface area contributed by atoms with Crippen LogP contribution in [0.4, 0.5) is 5.69 Å². The Labute approximate surface area is 116 Å². The zero-order chi connectivity index (χ0) is 14.5. The van der Waals surface area contributed by atoms with Crippen LogP contribution in [-0.2, 0) is 16.2 Å². The number of hydrogen-bond acceptors (Lipinski definition) is 3. The number of anilines is 1. The van der Waals surface area contributed by atoms with Crippen molar-refractivity contribution in [2.24, 2.45) is 11.8 Å². The Bertz CT molecular complexity index is 521. The van der Waals surface area contributed by atoms with E-state index in [2.05, 4.69) is 5.32 Å². The molecule has 5 nitrogen and oxygen atoms in total. The number of allylic oxidation sites excluding steroid dienone is 2. The second-order valence-electron chi connectivity index (χ2n) is 4.84. The van der Waals surface area contributed by atoms with E-state index in [1.165, 1.54) is 0 Å². The van der Waals surface area contributed by atoms with Gasteiger partial charge in [0.1, 0.15) is 0 Å². The van der Waals surface area contributed by atoms with Crippen LogP contribution in [0.25, 0.3) is 0 Å². The number of aliphatic hydroxyl groups excluding tert-OH is 1. The number of rotatable bonds is 4. The Hall–Kier alpha value is -2.14. The van der Waals surface area contributed by atoms with Gasteiger partial charge < -0.3 is 15.5 Å². The smallest absolute Gasteiger partial charge is 0.307 e. The van der Waals surface area contributed by atoms with Crippen LogP contribution in [0.1, 0.15) is 18.4 Å². The standard InChI is InChI=1S/C15H17NO4/c17-9-10-5-7-11(8-6-10)16-14(18)12-3-1-2-4-13(12)15(19)20/h1-2,5-8,12-13,17H,3-4,9H2,(H,16,18)(H,19,20)/t12-,13+/m1/s1. The fourth-order valence-electron chi connectivity index (χ4n) is 2.31. The first-order valence-corrected chi connectivity index (χ1v) is 6.50. The fraction of sp³-hybridized carbons (Fsp3) is 0.333. The van der Waals surface area contributed by atoms with E-state index in [1.807, 2.05) is 6.08 Å². The maximum atomic E-state index is 12.2. The lowest BCUT2D eigenvalue weighted by Gasteiger charge is -2.24. The molecular formula is C15H17NO4. The lowest BCUT2D eigenvalue weighted by molar-refractivity contribution is -0.146. The monoisotopic (exact) mass is 275 g/mol. The molecule has 0 spiro atoms. The van der Waals surface area contributed by atoms with Gasteiger partial charge in [0.25, 0.3) is 0 Å². The number of aliphatic carboxylic acids is 1. The molecule has 20 heavy (non-hydrogen) atoms. The molecule has 0 aromatic heterocycles. The van der Waals surface area contributed by atoms with Crippen LogP contribution in [0, 0.1) is 11.8 Å². The number of carboxylic acid groups (broad SMARTS) is 1. The van der Waals surface area contributed by atoms with Crippen LogP contribution < -0.4 is 5.32 Å². The van der Waals surface area contributed by atoms with Crippen molar-refractivity contribution in [2.75, 3.05) is 5.32 Å². The summed E-state index contributed by atoms with van der Waals surface area (Å²) in [5, 5.41) is 20.8. The van der Waals surface area contributed by atoms with Gasteiger partial charge in [-0.3, -0.25) is 9.59 Å². The van der Waals surface area contributed by atoms with Gasteiger partial charge in [-0.15, -0.1) is 0 Å². The number of aliphatic hydroxyl groups is 1. The topological polar surface area (TPSA) is 86.6 Å². The van der Waals surface area contributed by atoms with Crippen LogP contribution >= 0.6 is 0 Å². The van der Waals surface area contributed by atoms with Crippen LogP contribution in [-0.4, -0.2) is 22.1 Å². The molecule has 1 amide bonds. The SMILES string of the molecule is O=C(O)[C@H]1CC=CC[C@H]1C(=O)Nc1ccc(CO)cc1. The molecule has 0 radical (unpaired) electrons. The first-order valence-electron chi connectivity index (χ1n) is 6.50. The second kappa shape index (κ2) is 6.34. The number of nitrogens with one attached hydrogen (secondary N) is 1. The van der Waals surface area contributed by atoms with Crippen molar-refractivity contribution in [3.63, 3.8) is 0 Å². The maximum absolute atomic E-state index is 12.2. The van der Waals surface area contributed by atoms with E-state index in [9.17, 15) is 9.59 Å². The highest BCUT2D eigenvalue weighted by Crippen LogP contribution is 2.27. The van der Waals surface area contributed by atoms with Crippen molar-refractivity contribution in [1.29, 1.82) is 0 Å². The molecule has 0 aliphatic heterocycles. The van der Waals surface area contributed by atoms with Crippen molar-refractivity contribution in [1.82, 2.24) is 0 Å². The Balaban J connectivity index is 2.06. The van der Waals surface area contributed by atoms with Gasteiger partial charge in [-0.1, -0.05) is 24.3 Å². The minimum Gasteiger partial charge on any atom is -0.481 e. The van der Waals surface area contributed by atoms with E-state index < -0.39 is 17.8 Å². The molecule has 106 valence electrons. The van der Waals surface area contributed by atoms with Gasteiger partial charge in [-0.25, -0.2) is 0 Å². The molecule has 0 heterocycles. The van der Waals surface area contributed by atoms with E-state index in [1.54, 1.807) is 30.3 Å². The van der Waals surface area contributed by atoms with Crippen LogP contribution in [0.3, 0.4) is 0 Å². The maximum Gasteiger partial charge on any atom is 0.307 e. The Kier molecular flexibility index (Phi) is 4.53. The van der Waals surface area contributed by atoms with E-state index in [4.69, 9.17) is 10.2 Å². The molecule has 1 aliphatic carbocycles. The normalized spacial score (nSPS) is 21.4. The van der Waals surface area contributed by atoms with Gasteiger partial charge in [0.2, 0.25) is 5.91 Å². The number of benzene rings is 1. The molecule has 1 aromatic rings. The van der Waals surface area contributed by atoms with Gasteiger partial charge in [-0.05, 0) is 30.5 Å². The summed E-state index contributed by atoms with van der Waals surface area (Å²) < 4.78 is 0. The van der Waals surface area contributed by atoms with Crippen molar-refractivity contribution >= 4 is 17.6 Å². The van der Waals surface area contributed by atoms with Crippen LogP contribution in [0.5, 0.6) is 0 Å². The largest absolute Gasteiger partial charge is 0.481 e. The number of carboxylic acids is 1. The first kappa shape index (κ1) is 14.3. The lowest BCUT2D eigenvalue weighted by Crippen LogP contribution is -2.34. The van der Waals surface area contributed by atoms with Crippen molar-refractivity contribution in [3.05, 3.63) is 42.0 Å².